The SMILES string of the molecule is NC(=O)C1CC(O)CN1S(=O)(=O)c1ccc(Br)cc1N. The van der Waals surface area contributed by atoms with Crippen LogP contribution in [0.1, 0.15) is 6.42 Å². The van der Waals surface area contributed by atoms with E-state index < -0.39 is 28.1 Å². The van der Waals surface area contributed by atoms with Crippen molar-refractivity contribution >= 4 is 37.5 Å². The second-order valence-corrected chi connectivity index (χ2v) is 7.34. The number of nitrogen functional groups attached to an aromatic ring is 1. The fraction of sp³-hybridized carbons (Fsp3) is 0.364. The number of carbonyl (C=O) groups excluding carboxylic acids is 1. The van der Waals surface area contributed by atoms with Crippen LogP contribution >= 0.6 is 15.9 Å². The summed E-state index contributed by atoms with van der Waals surface area (Å²) in [5, 5.41) is 9.59. The minimum Gasteiger partial charge on any atom is -0.398 e. The van der Waals surface area contributed by atoms with Crippen molar-refractivity contribution in [1.29, 1.82) is 0 Å². The molecule has 0 radical (unpaired) electrons. The van der Waals surface area contributed by atoms with Gasteiger partial charge in [-0.25, -0.2) is 8.42 Å². The van der Waals surface area contributed by atoms with Crippen LogP contribution in [0, 0.1) is 0 Å². The molecule has 2 unspecified atom stereocenters. The lowest BCUT2D eigenvalue weighted by Gasteiger charge is -2.22. The Morgan fingerprint density at radius 2 is 2.10 bits per heavy atom. The summed E-state index contributed by atoms with van der Waals surface area (Å²) in [6.07, 6.45) is -0.927. The number of aliphatic hydroxyl groups excluding tert-OH is 1. The van der Waals surface area contributed by atoms with Crippen LogP contribution in [0.25, 0.3) is 0 Å². The summed E-state index contributed by atoms with van der Waals surface area (Å²) < 4.78 is 26.6. The van der Waals surface area contributed by atoms with Crippen molar-refractivity contribution in [2.24, 2.45) is 5.73 Å². The number of aliphatic hydroxyl groups is 1. The predicted molar refractivity (Wildman–Crippen MR) is 76.1 cm³/mol. The Hall–Kier alpha value is -1.16. The van der Waals surface area contributed by atoms with Gasteiger partial charge in [-0.05, 0) is 18.2 Å². The molecule has 1 aliphatic heterocycles. The second-order valence-electron chi connectivity index (χ2n) is 4.56. The van der Waals surface area contributed by atoms with Crippen molar-refractivity contribution in [3.05, 3.63) is 22.7 Å². The highest BCUT2D eigenvalue weighted by Crippen LogP contribution is 2.30. The fourth-order valence-electron chi connectivity index (χ4n) is 2.19. The highest BCUT2D eigenvalue weighted by Gasteiger charge is 2.43. The van der Waals surface area contributed by atoms with Crippen molar-refractivity contribution in [2.75, 3.05) is 12.3 Å². The van der Waals surface area contributed by atoms with Crippen LogP contribution in [0.3, 0.4) is 0 Å². The van der Waals surface area contributed by atoms with Crippen LogP contribution in [0.15, 0.2) is 27.6 Å². The molecular weight excluding hydrogens is 350 g/mol. The number of halogens is 1. The lowest BCUT2D eigenvalue weighted by Crippen LogP contribution is -2.43. The number of hydrogen-bond acceptors (Lipinski definition) is 5. The molecule has 0 aliphatic carbocycles. The molecule has 110 valence electrons. The van der Waals surface area contributed by atoms with Gasteiger partial charge in [0.1, 0.15) is 10.9 Å². The zero-order valence-electron chi connectivity index (χ0n) is 10.4. The van der Waals surface area contributed by atoms with Crippen LogP contribution in [-0.4, -0.2) is 42.4 Å². The van der Waals surface area contributed by atoms with E-state index in [1.807, 2.05) is 0 Å². The number of benzene rings is 1. The van der Waals surface area contributed by atoms with Gasteiger partial charge in [-0.2, -0.15) is 4.31 Å². The molecule has 9 heteroatoms. The molecule has 2 atom stereocenters. The molecule has 1 heterocycles. The molecule has 0 spiro atoms. The molecule has 1 aliphatic rings. The van der Waals surface area contributed by atoms with E-state index in [0.29, 0.717) is 4.47 Å². The van der Waals surface area contributed by atoms with Gasteiger partial charge in [0, 0.05) is 17.4 Å². The van der Waals surface area contributed by atoms with Crippen LogP contribution in [-0.2, 0) is 14.8 Å². The predicted octanol–water partition coefficient (Wildman–Crippen LogP) is -0.359. The maximum Gasteiger partial charge on any atom is 0.245 e. The van der Waals surface area contributed by atoms with Crippen molar-refractivity contribution < 1.29 is 18.3 Å². The summed E-state index contributed by atoms with van der Waals surface area (Å²) in [6.45, 7) is -0.175. The summed E-state index contributed by atoms with van der Waals surface area (Å²) in [7, 11) is -3.99. The molecule has 1 saturated heterocycles. The van der Waals surface area contributed by atoms with Gasteiger partial charge in [-0.15, -0.1) is 0 Å². The average molecular weight is 364 g/mol. The Morgan fingerprint density at radius 3 is 2.65 bits per heavy atom. The van der Waals surface area contributed by atoms with E-state index in [9.17, 15) is 18.3 Å². The lowest BCUT2D eigenvalue weighted by molar-refractivity contribution is -0.121. The minimum atomic E-state index is -3.99. The molecule has 0 aromatic heterocycles. The summed E-state index contributed by atoms with van der Waals surface area (Å²) in [4.78, 5) is 11.2. The first-order valence-electron chi connectivity index (χ1n) is 5.77. The number of rotatable bonds is 3. The third-order valence-corrected chi connectivity index (χ3v) is 5.56. The third-order valence-electron chi connectivity index (χ3n) is 3.12. The third kappa shape index (κ3) is 2.66. The molecule has 1 fully saturated rings. The highest BCUT2D eigenvalue weighted by atomic mass is 79.9. The highest BCUT2D eigenvalue weighted by molar-refractivity contribution is 9.10. The van der Waals surface area contributed by atoms with Crippen LogP contribution in [0.4, 0.5) is 5.69 Å². The monoisotopic (exact) mass is 363 g/mol. The van der Waals surface area contributed by atoms with Crippen LogP contribution in [0.5, 0.6) is 0 Å². The smallest absolute Gasteiger partial charge is 0.245 e. The molecule has 1 aromatic rings. The molecule has 1 aromatic carbocycles. The van der Waals surface area contributed by atoms with Crippen molar-refractivity contribution in [2.45, 2.75) is 23.5 Å². The Labute approximate surface area is 124 Å². The molecule has 20 heavy (non-hydrogen) atoms. The number of sulfonamides is 1. The van der Waals surface area contributed by atoms with E-state index in [0.717, 1.165) is 4.31 Å². The molecule has 2 rings (SSSR count). The average Bonchev–Trinajstić information content (AvgIpc) is 2.71. The summed E-state index contributed by atoms with van der Waals surface area (Å²) >= 11 is 3.19. The number of β-amino-alcohol motifs (C(OH)–C–C–N with tert-alkyl or cyclic N) is 1. The maximum absolute atomic E-state index is 12.5. The van der Waals surface area contributed by atoms with Gasteiger partial charge in [0.15, 0.2) is 0 Å². The maximum atomic E-state index is 12.5. The molecule has 7 nitrogen and oxygen atoms in total. The fourth-order valence-corrected chi connectivity index (χ4v) is 4.31. The zero-order chi connectivity index (χ0) is 15.1. The van der Waals surface area contributed by atoms with Crippen molar-refractivity contribution in [3.8, 4) is 0 Å². The molecule has 5 N–H and O–H groups in total. The molecule has 0 bridgehead atoms. The van der Waals surface area contributed by atoms with E-state index in [2.05, 4.69) is 15.9 Å². The lowest BCUT2D eigenvalue weighted by atomic mass is 10.2. The van der Waals surface area contributed by atoms with Gasteiger partial charge in [0.2, 0.25) is 15.9 Å². The number of amides is 1. The Balaban J connectivity index is 2.46. The zero-order valence-corrected chi connectivity index (χ0v) is 12.8. The molecule has 0 saturated carbocycles. The largest absolute Gasteiger partial charge is 0.398 e. The Kier molecular flexibility index (Phi) is 4.05. The summed E-state index contributed by atoms with van der Waals surface area (Å²) in [5.74, 6) is -0.791. The Morgan fingerprint density at radius 1 is 1.45 bits per heavy atom. The van der Waals surface area contributed by atoms with E-state index in [1.54, 1.807) is 0 Å². The number of carbonyl (C=O) groups is 1. The van der Waals surface area contributed by atoms with Gasteiger partial charge in [-0.3, -0.25) is 4.79 Å². The van der Waals surface area contributed by atoms with Crippen molar-refractivity contribution in [1.82, 2.24) is 4.31 Å². The minimum absolute atomic E-state index is 0.00893. The number of primary amides is 1. The van der Waals surface area contributed by atoms with E-state index >= 15 is 0 Å². The van der Waals surface area contributed by atoms with Gasteiger partial charge in [-0.1, -0.05) is 15.9 Å². The van der Waals surface area contributed by atoms with Gasteiger partial charge in [0.05, 0.1) is 11.8 Å². The van der Waals surface area contributed by atoms with Crippen LogP contribution in [0.2, 0.25) is 0 Å². The Bertz CT molecular complexity index is 649. The quantitative estimate of drug-likeness (QED) is 0.632. The number of anilines is 1. The number of nitrogens with zero attached hydrogens (tertiary/aromatic N) is 1. The standard InChI is InChI=1S/C11H14BrN3O4S/c12-6-1-2-10(8(13)3-6)20(18,19)15-5-7(16)4-9(15)11(14)17/h1-3,7,9,16H,4-5,13H2,(H2,14,17). The number of hydrogen-bond donors (Lipinski definition) is 3. The molecule has 1 amide bonds. The van der Waals surface area contributed by atoms with Gasteiger partial charge in [0.25, 0.3) is 0 Å². The first-order chi connectivity index (χ1) is 9.23. The molecular formula is C11H14BrN3O4S. The normalized spacial score (nSPS) is 23.9. The van der Waals surface area contributed by atoms with Crippen LogP contribution < -0.4 is 11.5 Å². The van der Waals surface area contributed by atoms with Gasteiger partial charge < -0.3 is 16.6 Å². The van der Waals surface area contributed by atoms with Crippen molar-refractivity contribution in [3.63, 3.8) is 0 Å². The second kappa shape index (κ2) is 5.32. The first-order valence-corrected chi connectivity index (χ1v) is 8.01. The van der Waals surface area contributed by atoms with E-state index in [-0.39, 0.29) is 23.5 Å². The number of nitrogens with two attached hydrogens (primary N) is 2. The first kappa shape index (κ1) is 15.2. The topological polar surface area (TPSA) is 127 Å². The van der Waals surface area contributed by atoms with E-state index in [4.69, 9.17) is 11.5 Å². The summed E-state index contributed by atoms with van der Waals surface area (Å²) in [5.41, 5.74) is 11.0. The summed E-state index contributed by atoms with van der Waals surface area (Å²) in [6, 6.07) is 3.28. The van der Waals surface area contributed by atoms with Gasteiger partial charge >= 0.3 is 0 Å². The van der Waals surface area contributed by atoms with E-state index in [1.165, 1.54) is 18.2 Å².